The molecule has 0 radical (unpaired) electrons. The molecule has 7 nitrogen and oxygen atoms in total. The normalized spacial score (nSPS) is 17.7. The third kappa shape index (κ3) is 5.27. The minimum absolute atomic E-state index is 0.0346. The Bertz CT molecular complexity index is 810. The molecule has 0 aliphatic carbocycles. The van der Waals surface area contributed by atoms with Crippen molar-refractivity contribution in [1.82, 2.24) is 0 Å². The fourth-order valence-electron chi connectivity index (χ4n) is 2.34. The smallest absolute Gasteiger partial charge is 0.264 e. The highest BCUT2D eigenvalue weighted by Gasteiger charge is 2.22. The number of benzene rings is 2. The van der Waals surface area contributed by atoms with Crippen LogP contribution < -0.4 is 18.9 Å². The van der Waals surface area contributed by atoms with Gasteiger partial charge in [0.1, 0.15) is 26.4 Å². The van der Waals surface area contributed by atoms with Crippen molar-refractivity contribution in [3.8, 4) is 23.0 Å². The Kier molecular flexibility index (Phi) is 5.85. The molecule has 2 heterocycles. The zero-order chi connectivity index (χ0) is 18.4. The second-order valence-electron chi connectivity index (χ2n) is 5.63. The third-order valence-electron chi connectivity index (χ3n) is 3.48. The van der Waals surface area contributed by atoms with Crippen molar-refractivity contribution < 1.29 is 31.5 Å². The average molecular weight is 380 g/mol. The Hall–Kier alpha value is -2.45. The molecular formula is C18H20O7S. The Morgan fingerprint density at radius 1 is 0.885 bits per heavy atom. The molecule has 1 atom stereocenters. The van der Waals surface area contributed by atoms with Crippen LogP contribution in [0.3, 0.4) is 0 Å². The Labute approximate surface area is 152 Å². The van der Waals surface area contributed by atoms with Crippen LogP contribution in [0.4, 0.5) is 0 Å². The van der Waals surface area contributed by atoms with E-state index in [0.29, 0.717) is 24.7 Å². The molecule has 1 unspecified atom stereocenters. The molecule has 0 saturated heterocycles. The number of ether oxygens (including phenoxy) is 4. The first-order chi connectivity index (χ1) is 12.5. The van der Waals surface area contributed by atoms with E-state index in [0.717, 1.165) is 17.8 Å². The maximum Gasteiger partial charge on any atom is 0.264 e. The van der Waals surface area contributed by atoms with Gasteiger partial charge in [-0.05, 0) is 24.3 Å². The Balaban J connectivity index is 0.000000167. The monoisotopic (exact) mass is 380 g/mol. The fraction of sp³-hybridized carbons (Fsp3) is 0.333. The molecule has 2 aromatic rings. The highest BCUT2D eigenvalue weighted by Crippen LogP contribution is 2.31. The summed E-state index contributed by atoms with van der Waals surface area (Å²) in [5.74, 6) is 2.98. The lowest BCUT2D eigenvalue weighted by Crippen LogP contribution is -2.34. The van der Waals surface area contributed by atoms with Gasteiger partial charge in [-0.2, -0.15) is 8.42 Å². The minimum Gasteiger partial charge on any atom is -0.486 e. The number of para-hydroxylation sites is 4. The molecule has 0 spiro atoms. The van der Waals surface area contributed by atoms with Crippen molar-refractivity contribution in [2.75, 3.05) is 32.7 Å². The molecule has 2 aliphatic heterocycles. The molecular weight excluding hydrogens is 360 g/mol. The number of rotatable bonds is 3. The Morgan fingerprint density at radius 2 is 1.38 bits per heavy atom. The van der Waals surface area contributed by atoms with E-state index in [1.165, 1.54) is 0 Å². The van der Waals surface area contributed by atoms with Crippen LogP contribution >= 0.6 is 0 Å². The van der Waals surface area contributed by atoms with Crippen molar-refractivity contribution in [3.63, 3.8) is 0 Å². The predicted octanol–water partition coefficient (Wildman–Crippen LogP) is 2.26. The maximum absolute atomic E-state index is 10.8. The molecule has 2 aliphatic rings. The molecule has 8 heteroatoms. The SMILES string of the molecule is CS(=O)(=O)OCC1COc2ccccc2O1.c1ccc2c(c1)OCCO2. The fourth-order valence-corrected chi connectivity index (χ4v) is 2.74. The second kappa shape index (κ2) is 8.29. The van der Waals surface area contributed by atoms with Crippen LogP contribution in [0, 0.1) is 0 Å². The van der Waals surface area contributed by atoms with E-state index in [4.69, 9.17) is 18.9 Å². The van der Waals surface area contributed by atoms with E-state index >= 15 is 0 Å². The van der Waals surface area contributed by atoms with Gasteiger partial charge in [0, 0.05) is 0 Å². The van der Waals surface area contributed by atoms with Gasteiger partial charge in [0.25, 0.3) is 10.1 Å². The summed E-state index contributed by atoms with van der Waals surface area (Å²) in [6.45, 7) is 1.58. The summed E-state index contributed by atoms with van der Waals surface area (Å²) in [4.78, 5) is 0. The Morgan fingerprint density at radius 3 is 1.92 bits per heavy atom. The van der Waals surface area contributed by atoms with Crippen LogP contribution in [0.15, 0.2) is 48.5 Å². The van der Waals surface area contributed by atoms with Crippen molar-refractivity contribution in [1.29, 1.82) is 0 Å². The van der Waals surface area contributed by atoms with Crippen LogP contribution in [0.25, 0.3) is 0 Å². The van der Waals surface area contributed by atoms with E-state index in [1.807, 2.05) is 36.4 Å². The largest absolute Gasteiger partial charge is 0.486 e. The number of hydrogen-bond acceptors (Lipinski definition) is 7. The molecule has 140 valence electrons. The first-order valence-corrected chi connectivity index (χ1v) is 9.90. The van der Waals surface area contributed by atoms with Gasteiger partial charge in [-0.1, -0.05) is 24.3 Å². The van der Waals surface area contributed by atoms with Crippen LogP contribution in [0.2, 0.25) is 0 Å². The number of fused-ring (bicyclic) bond motifs is 2. The summed E-state index contributed by atoms with van der Waals surface area (Å²) in [6, 6.07) is 14.9. The minimum atomic E-state index is -3.44. The molecule has 4 rings (SSSR count). The molecule has 0 N–H and O–H groups in total. The lowest BCUT2D eigenvalue weighted by Gasteiger charge is -2.25. The molecule has 0 fully saturated rings. The summed E-state index contributed by atoms with van der Waals surface area (Å²) in [5.41, 5.74) is 0. The van der Waals surface area contributed by atoms with E-state index in [-0.39, 0.29) is 13.2 Å². The van der Waals surface area contributed by atoms with Gasteiger partial charge in [-0.3, -0.25) is 4.18 Å². The summed E-state index contributed by atoms with van der Waals surface area (Å²) < 4.78 is 47.8. The van der Waals surface area contributed by atoms with Gasteiger partial charge in [0.15, 0.2) is 29.1 Å². The van der Waals surface area contributed by atoms with Gasteiger partial charge in [-0.25, -0.2) is 0 Å². The van der Waals surface area contributed by atoms with E-state index in [9.17, 15) is 8.42 Å². The van der Waals surface area contributed by atoms with Crippen LogP contribution in [-0.2, 0) is 14.3 Å². The molecule has 0 saturated carbocycles. The van der Waals surface area contributed by atoms with E-state index in [1.54, 1.807) is 12.1 Å². The number of hydrogen-bond donors (Lipinski definition) is 0. The van der Waals surface area contributed by atoms with Crippen molar-refractivity contribution in [3.05, 3.63) is 48.5 Å². The predicted molar refractivity (Wildman–Crippen MR) is 94.6 cm³/mol. The third-order valence-corrected chi connectivity index (χ3v) is 4.05. The maximum atomic E-state index is 10.8. The van der Waals surface area contributed by atoms with Gasteiger partial charge in [0.05, 0.1) is 6.26 Å². The lowest BCUT2D eigenvalue weighted by molar-refractivity contribution is 0.0558. The van der Waals surface area contributed by atoms with Crippen LogP contribution in [-0.4, -0.2) is 47.2 Å². The summed E-state index contributed by atoms with van der Waals surface area (Å²) in [6.07, 6.45) is 0.606. The molecule has 0 aromatic heterocycles. The second-order valence-corrected chi connectivity index (χ2v) is 7.27. The topological polar surface area (TPSA) is 80.3 Å². The highest BCUT2D eigenvalue weighted by molar-refractivity contribution is 7.85. The standard InChI is InChI=1S/C10H12O5S.C8H8O2/c1-16(11,12)14-7-8-6-13-9-4-2-3-5-10(9)15-8;1-2-4-8-7(3-1)9-5-6-10-8/h2-5,8H,6-7H2,1H3;1-4H,5-6H2. The quantitative estimate of drug-likeness (QED) is 0.756. The average Bonchev–Trinajstić information content (AvgIpc) is 2.66. The van der Waals surface area contributed by atoms with E-state index < -0.39 is 16.2 Å². The highest BCUT2D eigenvalue weighted by atomic mass is 32.2. The van der Waals surface area contributed by atoms with Gasteiger partial charge in [-0.15, -0.1) is 0 Å². The molecule has 2 aromatic carbocycles. The van der Waals surface area contributed by atoms with Gasteiger partial charge < -0.3 is 18.9 Å². The van der Waals surface area contributed by atoms with Crippen molar-refractivity contribution in [2.24, 2.45) is 0 Å². The van der Waals surface area contributed by atoms with Crippen LogP contribution in [0.1, 0.15) is 0 Å². The molecule has 0 bridgehead atoms. The van der Waals surface area contributed by atoms with Crippen LogP contribution in [0.5, 0.6) is 23.0 Å². The van der Waals surface area contributed by atoms with E-state index in [2.05, 4.69) is 4.18 Å². The summed E-state index contributed by atoms with van der Waals surface area (Å²) >= 11 is 0. The molecule has 0 amide bonds. The molecule has 26 heavy (non-hydrogen) atoms. The zero-order valence-corrected chi connectivity index (χ0v) is 15.1. The zero-order valence-electron chi connectivity index (χ0n) is 14.3. The van der Waals surface area contributed by atoms with Gasteiger partial charge in [0.2, 0.25) is 0 Å². The lowest BCUT2D eigenvalue weighted by atomic mass is 10.3. The van der Waals surface area contributed by atoms with Crippen molar-refractivity contribution >= 4 is 10.1 Å². The summed E-state index contributed by atoms with van der Waals surface area (Å²) in [5, 5.41) is 0. The first-order valence-electron chi connectivity index (χ1n) is 8.09. The van der Waals surface area contributed by atoms with Crippen molar-refractivity contribution in [2.45, 2.75) is 6.10 Å². The first kappa shape index (κ1) is 18.3. The van der Waals surface area contributed by atoms with Gasteiger partial charge >= 0.3 is 0 Å². The summed E-state index contributed by atoms with van der Waals surface area (Å²) in [7, 11) is -3.44.